The SMILES string of the molecule is Cc1cc(CNC(=O)c2[nH]ccc2C2CC2)sc1C. The lowest BCUT2D eigenvalue weighted by molar-refractivity contribution is 0.0946. The topological polar surface area (TPSA) is 44.9 Å². The van der Waals surface area contributed by atoms with Gasteiger partial charge in [0.05, 0.1) is 6.54 Å². The summed E-state index contributed by atoms with van der Waals surface area (Å²) in [5, 5.41) is 3.01. The van der Waals surface area contributed by atoms with Crippen molar-refractivity contribution < 1.29 is 4.79 Å². The molecule has 1 aliphatic carbocycles. The van der Waals surface area contributed by atoms with E-state index in [9.17, 15) is 4.79 Å². The summed E-state index contributed by atoms with van der Waals surface area (Å²) in [7, 11) is 0. The molecule has 2 aromatic heterocycles. The van der Waals surface area contributed by atoms with E-state index >= 15 is 0 Å². The number of hydrogen-bond acceptors (Lipinski definition) is 2. The highest BCUT2D eigenvalue weighted by Gasteiger charge is 2.28. The minimum atomic E-state index is 0.00982. The summed E-state index contributed by atoms with van der Waals surface area (Å²) in [6, 6.07) is 4.18. The predicted molar refractivity (Wildman–Crippen MR) is 77.7 cm³/mol. The fraction of sp³-hybridized carbons (Fsp3) is 0.400. The summed E-state index contributed by atoms with van der Waals surface area (Å²) in [6.45, 7) is 4.83. The number of rotatable bonds is 4. The molecular formula is C15H18N2OS. The maximum Gasteiger partial charge on any atom is 0.268 e. The van der Waals surface area contributed by atoms with Crippen LogP contribution < -0.4 is 5.32 Å². The van der Waals surface area contributed by atoms with E-state index in [1.807, 2.05) is 12.3 Å². The van der Waals surface area contributed by atoms with E-state index in [0.717, 1.165) is 5.69 Å². The van der Waals surface area contributed by atoms with Crippen LogP contribution in [0.25, 0.3) is 0 Å². The minimum absolute atomic E-state index is 0.00982. The molecule has 19 heavy (non-hydrogen) atoms. The first-order chi connectivity index (χ1) is 9.15. The molecule has 0 unspecified atom stereocenters. The van der Waals surface area contributed by atoms with E-state index in [4.69, 9.17) is 0 Å². The molecule has 0 saturated heterocycles. The Balaban J connectivity index is 1.66. The Kier molecular flexibility index (Phi) is 3.19. The van der Waals surface area contributed by atoms with Gasteiger partial charge in [-0.25, -0.2) is 0 Å². The average molecular weight is 274 g/mol. The number of aromatic nitrogens is 1. The van der Waals surface area contributed by atoms with E-state index in [2.05, 4.69) is 30.2 Å². The van der Waals surface area contributed by atoms with Gasteiger partial charge in [0.15, 0.2) is 0 Å². The van der Waals surface area contributed by atoms with Crippen LogP contribution in [-0.4, -0.2) is 10.9 Å². The average Bonchev–Trinajstić information content (AvgIpc) is 3.02. The summed E-state index contributed by atoms with van der Waals surface area (Å²) in [4.78, 5) is 17.8. The van der Waals surface area contributed by atoms with Gasteiger partial charge in [-0.15, -0.1) is 11.3 Å². The molecule has 100 valence electrons. The molecule has 0 aliphatic heterocycles. The van der Waals surface area contributed by atoms with Gasteiger partial charge < -0.3 is 10.3 Å². The van der Waals surface area contributed by atoms with Crippen molar-refractivity contribution in [3.63, 3.8) is 0 Å². The Morgan fingerprint density at radius 3 is 2.89 bits per heavy atom. The molecule has 1 amide bonds. The van der Waals surface area contributed by atoms with Crippen LogP contribution in [-0.2, 0) is 6.54 Å². The van der Waals surface area contributed by atoms with Gasteiger partial charge in [0.1, 0.15) is 5.69 Å². The molecule has 0 bridgehead atoms. The molecule has 2 heterocycles. The van der Waals surface area contributed by atoms with Crippen LogP contribution in [0.15, 0.2) is 18.3 Å². The fourth-order valence-corrected chi connectivity index (χ4v) is 3.30. The summed E-state index contributed by atoms with van der Waals surface area (Å²) in [5.74, 6) is 0.605. The molecular weight excluding hydrogens is 256 g/mol. The second kappa shape index (κ2) is 4.85. The molecule has 1 fully saturated rings. The van der Waals surface area contributed by atoms with Crippen LogP contribution >= 0.6 is 11.3 Å². The molecule has 2 aromatic rings. The Morgan fingerprint density at radius 2 is 2.26 bits per heavy atom. The van der Waals surface area contributed by atoms with Gasteiger partial charge in [0, 0.05) is 16.0 Å². The quantitative estimate of drug-likeness (QED) is 0.880. The van der Waals surface area contributed by atoms with Gasteiger partial charge in [-0.2, -0.15) is 0 Å². The molecule has 0 aromatic carbocycles. The van der Waals surface area contributed by atoms with Crippen LogP contribution in [0, 0.1) is 13.8 Å². The van der Waals surface area contributed by atoms with Crippen LogP contribution in [0.2, 0.25) is 0 Å². The molecule has 2 N–H and O–H groups in total. The molecule has 4 heteroatoms. The normalized spacial score (nSPS) is 14.6. The van der Waals surface area contributed by atoms with Gasteiger partial charge >= 0.3 is 0 Å². The van der Waals surface area contributed by atoms with Gasteiger partial charge in [-0.1, -0.05) is 0 Å². The zero-order valence-electron chi connectivity index (χ0n) is 11.2. The summed E-state index contributed by atoms with van der Waals surface area (Å²) < 4.78 is 0. The van der Waals surface area contributed by atoms with Crippen LogP contribution in [0.3, 0.4) is 0 Å². The van der Waals surface area contributed by atoms with Gasteiger partial charge in [-0.3, -0.25) is 4.79 Å². The Hall–Kier alpha value is -1.55. The lowest BCUT2D eigenvalue weighted by atomic mass is 10.1. The first kappa shape index (κ1) is 12.5. The van der Waals surface area contributed by atoms with Crippen molar-refractivity contribution in [3.05, 3.63) is 44.9 Å². The highest BCUT2D eigenvalue weighted by Crippen LogP contribution is 2.41. The summed E-state index contributed by atoms with van der Waals surface area (Å²) in [5.41, 5.74) is 3.22. The van der Waals surface area contributed by atoms with Crippen molar-refractivity contribution in [3.8, 4) is 0 Å². The van der Waals surface area contributed by atoms with E-state index in [0.29, 0.717) is 12.5 Å². The predicted octanol–water partition coefficient (Wildman–Crippen LogP) is 3.50. The Bertz CT molecular complexity index is 588. The zero-order valence-corrected chi connectivity index (χ0v) is 12.1. The lowest BCUT2D eigenvalue weighted by Gasteiger charge is -2.04. The molecule has 3 rings (SSSR count). The fourth-order valence-electron chi connectivity index (χ4n) is 2.31. The van der Waals surface area contributed by atoms with Crippen molar-refractivity contribution in [1.82, 2.24) is 10.3 Å². The summed E-state index contributed by atoms with van der Waals surface area (Å²) in [6.07, 6.45) is 4.28. The second-order valence-electron chi connectivity index (χ2n) is 5.22. The van der Waals surface area contributed by atoms with Gasteiger partial charge in [0.2, 0.25) is 0 Å². The number of aryl methyl sites for hydroxylation is 2. The van der Waals surface area contributed by atoms with E-state index < -0.39 is 0 Å². The van der Waals surface area contributed by atoms with Crippen LogP contribution in [0.5, 0.6) is 0 Å². The Morgan fingerprint density at radius 1 is 1.47 bits per heavy atom. The molecule has 0 radical (unpaired) electrons. The zero-order chi connectivity index (χ0) is 13.4. The largest absolute Gasteiger partial charge is 0.357 e. The molecule has 1 aliphatic rings. The number of aromatic amines is 1. The van der Waals surface area contributed by atoms with Gasteiger partial charge in [-0.05, 0) is 55.9 Å². The van der Waals surface area contributed by atoms with Crippen LogP contribution in [0.4, 0.5) is 0 Å². The number of nitrogens with one attached hydrogen (secondary N) is 2. The standard InChI is InChI=1S/C15H18N2OS/c1-9-7-12(19-10(9)2)8-17-15(18)14-13(5-6-16-14)11-3-4-11/h5-7,11,16H,3-4,8H2,1-2H3,(H,17,18). The number of carbonyl (C=O) groups is 1. The third-order valence-electron chi connectivity index (χ3n) is 3.66. The molecule has 0 atom stereocenters. The highest BCUT2D eigenvalue weighted by atomic mass is 32.1. The van der Waals surface area contributed by atoms with E-state index in [1.165, 1.54) is 33.7 Å². The van der Waals surface area contributed by atoms with Crippen molar-refractivity contribution in [1.29, 1.82) is 0 Å². The monoisotopic (exact) mass is 274 g/mol. The van der Waals surface area contributed by atoms with Crippen molar-refractivity contribution in [2.24, 2.45) is 0 Å². The number of carbonyl (C=O) groups excluding carboxylic acids is 1. The third-order valence-corrected chi connectivity index (χ3v) is 4.82. The smallest absolute Gasteiger partial charge is 0.268 e. The minimum Gasteiger partial charge on any atom is -0.357 e. The lowest BCUT2D eigenvalue weighted by Crippen LogP contribution is -2.23. The van der Waals surface area contributed by atoms with E-state index in [-0.39, 0.29) is 5.91 Å². The maximum absolute atomic E-state index is 12.2. The maximum atomic E-state index is 12.2. The first-order valence-corrected chi connectivity index (χ1v) is 7.48. The molecule has 1 saturated carbocycles. The van der Waals surface area contributed by atoms with E-state index in [1.54, 1.807) is 11.3 Å². The summed E-state index contributed by atoms with van der Waals surface area (Å²) >= 11 is 1.75. The number of thiophene rings is 1. The first-order valence-electron chi connectivity index (χ1n) is 6.66. The van der Waals surface area contributed by atoms with Gasteiger partial charge in [0.25, 0.3) is 5.91 Å². The number of hydrogen-bond donors (Lipinski definition) is 2. The Labute approximate surface area is 117 Å². The third kappa shape index (κ3) is 2.59. The molecule has 0 spiro atoms. The number of H-pyrrole nitrogens is 1. The highest BCUT2D eigenvalue weighted by molar-refractivity contribution is 7.12. The van der Waals surface area contributed by atoms with Crippen molar-refractivity contribution in [2.75, 3.05) is 0 Å². The number of amides is 1. The molecule has 3 nitrogen and oxygen atoms in total. The van der Waals surface area contributed by atoms with Crippen molar-refractivity contribution >= 4 is 17.2 Å². The van der Waals surface area contributed by atoms with Crippen molar-refractivity contribution in [2.45, 2.75) is 39.2 Å². The van der Waals surface area contributed by atoms with Crippen LogP contribution in [0.1, 0.15) is 50.1 Å². The second-order valence-corrected chi connectivity index (χ2v) is 6.56.